The third kappa shape index (κ3) is 2.61. The average molecular weight is 243 g/mol. The number of ether oxygens (including phenoxy) is 3. The lowest BCUT2D eigenvalue weighted by Gasteiger charge is -2.30. The van der Waals surface area contributed by atoms with Crippen LogP contribution in [0.5, 0.6) is 0 Å². The summed E-state index contributed by atoms with van der Waals surface area (Å²) in [6, 6.07) is 0. The molecule has 0 amide bonds. The molecular formula is C12H21NO4. The maximum absolute atomic E-state index is 11.7. The molecule has 17 heavy (non-hydrogen) atoms. The second kappa shape index (κ2) is 5.33. The van der Waals surface area contributed by atoms with Gasteiger partial charge in [0.15, 0.2) is 0 Å². The molecule has 2 N–H and O–H groups in total. The number of rotatable bonds is 5. The van der Waals surface area contributed by atoms with Crippen molar-refractivity contribution < 1.29 is 19.0 Å². The first kappa shape index (κ1) is 12.8. The Morgan fingerprint density at radius 3 is 2.88 bits per heavy atom. The summed E-state index contributed by atoms with van der Waals surface area (Å²) in [6.45, 7) is 2.03. The molecule has 0 aromatic rings. The maximum atomic E-state index is 11.7. The molecule has 2 unspecified atom stereocenters. The van der Waals surface area contributed by atoms with Crippen LogP contribution in [-0.4, -0.2) is 44.5 Å². The van der Waals surface area contributed by atoms with Gasteiger partial charge in [-0.15, -0.1) is 0 Å². The van der Waals surface area contributed by atoms with Crippen molar-refractivity contribution in [3.63, 3.8) is 0 Å². The second-order valence-corrected chi connectivity index (χ2v) is 4.94. The number of carbonyl (C=O) groups is 1. The Labute approximate surface area is 102 Å². The number of hydrogen-bond acceptors (Lipinski definition) is 5. The van der Waals surface area contributed by atoms with Crippen molar-refractivity contribution >= 4 is 5.97 Å². The molecule has 1 saturated carbocycles. The first-order valence-electron chi connectivity index (χ1n) is 6.23. The van der Waals surface area contributed by atoms with E-state index in [1.165, 1.54) is 7.11 Å². The molecule has 98 valence electrons. The first-order chi connectivity index (χ1) is 8.16. The lowest BCUT2D eigenvalue weighted by Crippen LogP contribution is -2.52. The highest BCUT2D eigenvalue weighted by atomic mass is 16.6. The lowest BCUT2D eigenvalue weighted by molar-refractivity contribution is -0.150. The predicted octanol–water partition coefficient (Wildman–Crippen LogP) is 0.463. The molecule has 1 aliphatic carbocycles. The zero-order valence-corrected chi connectivity index (χ0v) is 10.3. The Bertz CT molecular complexity index is 280. The van der Waals surface area contributed by atoms with Crippen molar-refractivity contribution in [3.05, 3.63) is 0 Å². The summed E-state index contributed by atoms with van der Waals surface area (Å²) in [7, 11) is 1.40. The Kier molecular flexibility index (Phi) is 4.01. The molecule has 5 nitrogen and oxygen atoms in total. The van der Waals surface area contributed by atoms with Crippen LogP contribution < -0.4 is 5.73 Å². The number of hydrogen-bond donors (Lipinski definition) is 1. The third-order valence-electron chi connectivity index (χ3n) is 3.86. The molecule has 1 heterocycles. The van der Waals surface area contributed by atoms with Crippen LogP contribution in [0.25, 0.3) is 0 Å². The SMILES string of the molecule is COC(=O)C1(N)CCCC1CCOC1COC1. The summed E-state index contributed by atoms with van der Waals surface area (Å²) in [5.41, 5.74) is 5.37. The number of esters is 1. The van der Waals surface area contributed by atoms with Crippen LogP contribution in [-0.2, 0) is 19.0 Å². The molecule has 1 saturated heterocycles. The van der Waals surface area contributed by atoms with Crippen molar-refractivity contribution in [3.8, 4) is 0 Å². The molecule has 0 bridgehead atoms. The van der Waals surface area contributed by atoms with E-state index in [2.05, 4.69) is 0 Å². The van der Waals surface area contributed by atoms with E-state index in [-0.39, 0.29) is 18.0 Å². The summed E-state index contributed by atoms with van der Waals surface area (Å²) in [5, 5.41) is 0. The van der Waals surface area contributed by atoms with Gasteiger partial charge in [-0.2, -0.15) is 0 Å². The van der Waals surface area contributed by atoms with Crippen LogP contribution in [0.2, 0.25) is 0 Å². The summed E-state index contributed by atoms with van der Waals surface area (Å²) in [4.78, 5) is 11.7. The van der Waals surface area contributed by atoms with Gasteiger partial charge in [0.25, 0.3) is 0 Å². The highest BCUT2D eigenvalue weighted by Gasteiger charge is 2.46. The smallest absolute Gasteiger partial charge is 0.326 e. The zero-order valence-electron chi connectivity index (χ0n) is 10.3. The van der Waals surface area contributed by atoms with Crippen molar-refractivity contribution in [2.24, 2.45) is 11.7 Å². The third-order valence-corrected chi connectivity index (χ3v) is 3.86. The molecule has 5 heteroatoms. The van der Waals surface area contributed by atoms with E-state index in [4.69, 9.17) is 19.9 Å². The van der Waals surface area contributed by atoms with Gasteiger partial charge in [0, 0.05) is 6.61 Å². The van der Waals surface area contributed by atoms with E-state index in [1.54, 1.807) is 0 Å². The molecule has 0 radical (unpaired) electrons. The van der Waals surface area contributed by atoms with E-state index in [1.807, 2.05) is 0 Å². The van der Waals surface area contributed by atoms with E-state index in [0.29, 0.717) is 19.8 Å². The fraction of sp³-hybridized carbons (Fsp3) is 0.917. The van der Waals surface area contributed by atoms with E-state index < -0.39 is 5.54 Å². The molecule has 2 fully saturated rings. The van der Waals surface area contributed by atoms with Crippen LogP contribution in [0.4, 0.5) is 0 Å². The van der Waals surface area contributed by atoms with Gasteiger partial charge in [-0.3, -0.25) is 4.79 Å². The van der Waals surface area contributed by atoms with Crippen molar-refractivity contribution in [2.45, 2.75) is 37.3 Å². The van der Waals surface area contributed by atoms with Crippen LogP contribution in [0.1, 0.15) is 25.7 Å². The molecular weight excluding hydrogens is 222 g/mol. The molecule has 2 rings (SSSR count). The highest BCUT2D eigenvalue weighted by Crippen LogP contribution is 2.37. The van der Waals surface area contributed by atoms with Crippen LogP contribution in [0.15, 0.2) is 0 Å². The monoisotopic (exact) mass is 243 g/mol. The Morgan fingerprint density at radius 1 is 1.53 bits per heavy atom. The lowest BCUT2D eigenvalue weighted by atomic mass is 9.86. The number of nitrogens with two attached hydrogens (primary N) is 1. The van der Waals surface area contributed by atoms with E-state index in [9.17, 15) is 4.79 Å². The minimum atomic E-state index is -0.797. The molecule has 0 aromatic carbocycles. The average Bonchev–Trinajstić information content (AvgIpc) is 2.64. The standard InChI is InChI=1S/C12H21NO4/c1-15-11(14)12(13)5-2-3-9(12)4-6-17-10-7-16-8-10/h9-10H,2-8,13H2,1H3. The van der Waals surface area contributed by atoms with Gasteiger partial charge in [0.05, 0.1) is 20.3 Å². The van der Waals surface area contributed by atoms with Crippen LogP contribution >= 0.6 is 0 Å². The Hall–Kier alpha value is -0.650. The van der Waals surface area contributed by atoms with Gasteiger partial charge >= 0.3 is 5.97 Å². The fourth-order valence-electron chi connectivity index (χ4n) is 2.65. The molecule has 1 aliphatic heterocycles. The second-order valence-electron chi connectivity index (χ2n) is 4.94. The summed E-state index contributed by atoms with van der Waals surface area (Å²) >= 11 is 0. The zero-order chi connectivity index (χ0) is 12.3. The number of methoxy groups -OCH3 is 1. The Morgan fingerprint density at radius 2 is 2.29 bits per heavy atom. The first-order valence-corrected chi connectivity index (χ1v) is 6.23. The van der Waals surface area contributed by atoms with Gasteiger partial charge in [-0.05, 0) is 25.2 Å². The highest BCUT2D eigenvalue weighted by molar-refractivity contribution is 5.81. The summed E-state index contributed by atoms with van der Waals surface area (Å²) in [5.74, 6) is -0.108. The Balaban J connectivity index is 1.79. The van der Waals surface area contributed by atoms with Crippen LogP contribution in [0.3, 0.4) is 0 Å². The predicted molar refractivity (Wildman–Crippen MR) is 61.5 cm³/mol. The largest absolute Gasteiger partial charge is 0.468 e. The molecule has 0 aromatic heterocycles. The van der Waals surface area contributed by atoms with Gasteiger partial charge in [-0.25, -0.2) is 0 Å². The number of carbonyl (C=O) groups excluding carboxylic acids is 1. The molecule has 2 atom stereocenters. The topological polar surface area (TPSA) is 70.8 Å². The van der Waals surface area contributed by atoms with Crippen molar-refractivity contribution in [1.82, 2.24) is 0 Å². The van der Waals surface area contributed by atoms with Gasteiger partial charge in [0.2, 0.25) is 0 Å². The maximum Gasteiger partial charge on any atom is 0.326 e. The normalized spacial score (nSPS) is 33.4. The van der Waals surface area contributed by atoms with E-state index in [0.717, 1.165) is 25.7 Å². The minimum absolute atomic E-state index is 0.177. The quantitative estimate of drug-likeness (QED) is 0.710. The van der Waals surface area contributed by atoms with Crippen molar-refractivity contribution in [2.75, 3.05) is 26.9 Å². The summed E-state index contributed by atoms with van der Waals surface area (Å²) < 4.78 is 15.4. The molecule has 2 aliphatic rings. The van der Waals surface area contributed by atoms with Gasteiger partial charge in [0.1, 0.15) is 11.6 Å². The summed E-state index contributed by atoms with van der Waals surface area (Å²) in [6.07, 6.45) is 3.75. The van der Waals surface area contributed by atoms with Gasteiger partial charge in [-0.1, -0.05) is 6.42 Å². The van der Waals surface area contributed by atoms with E-state index >= 15 is 0 Å². The fourth-order valence-corrected chi connectivity index (χ4v) is 2.65. The van der Waals surface area contributed by atoms with Crippen LogP contribution in [0, 0.1) is 5.92 Å². The molecule has 0 spiro atoms. The minimum Gasteiger partial charge on any atom is -0.468 e. The van der Waals surface area contributed by atoms with Crippen molar-refractivity contribution in [1.29, 1.82) is 0 Å². The van der Waals surface area contributed by atoms with Gasteiger partial charge < -0.3 is 19.9 Å².